The average Bonchev–Trinajstić information content (AvgIpc) is 4.18. The molecule has 17 nitrogen and oxygen atoms in total. The minimum atomic E-state index is -1.18. The number of fused-ring (bicyclic) bond motifs is 2. The van der Waals surface area contributed by atoms with Crippen molar-refractivity contribution in [3.8, 4) is 17.2 Å². The lowest BCUT2D eigenvalue weighted by Gasteiger charge is -2.45. The second kappa shape index (κ2) is 20.0. The van der Waals surface area contributed by atoms with Crippen molar-refractivity contribution in [1.29, 1.82) is 0 Å². The summed E-state index contributed by atoms with van der Waals surface area (Å²) in [5.74, 6) is 0.183. The molecule has 3 aromatic carbocycles. The predicted octanol–water partition coefficient (Wildman–Crippen LogP) is 7.04. The summed E-state index contributed by atoms with van der Waals surface area (Å²) in [4.78, 5) is 83.7. The molecule has 5 aliphatic rings. The number of imide groups is 1. The van der Waals surface area contributed by atoms with Gasteiger partial charge in [0.25, 0.3) is 11.8 Å². The summed E-state index contributed by atoms with van der Waals surface area (Å²) in [6.45, 7) is 14.3. The summed E-state index contributed by atoms with van der Waals surface area (Å²) < 4.78 is 25.7. The van der Waals surface area contributed by atoms with Crippen LogP contribution in [0.2, 0.25) is 0 Å². The topological polar surface area (TPSA) is 191 Å². The van der Waals surface area contributed by atoms with Gasteiger partial charge in [-0.25, -0.2) is 9.37 Å². The van der Waals surface area contributed by atoms with E-state index in [0.717, 1.165) is 79.3 Å². The number of rotatable bonds is 15. The molecule has 5 aromatic rings. The normalized spacial score (nSPS) is 20.1. The second-order valence-corrected chi connectivity index (χ2v) is 19.6. The Morgan fingerprint density at radius 3 is 2.12 bits per heavy atom. The highest BCUT2D eigenvalue weighted by atomic mass is 19.1. The minimum Gasteiger partial charge on any atom is -0.495 e. The van der Waals surface area contributed by atoms with Crippen molar-refractivity contribution in [2.75, 3.05) is 73.8 Å². The number of amides is 5. The van der Waals surface area contributed by atoms with E-state index in [1.807, 2.05) is 12.1 Å². The number of hydrogen-bond acceptors (Lipinski definition) is 13. The summed E-state index contributed by atoms with van der Waals surface area (Å²) in [5, 5.41) is 12.4. The van der Waals surface area contributed by atoms with Crippen molar-refractivity contribution in [1.82, 2.24) is 30.0 Å². The fraction of sp³-hybridized carbons (Fsp3) is 0.389. The fourth-order valence-corrected chi connectivity index (χ4v) is 10.6. The van der Waals surface area contributed by atoms with Gasteiger partial charge in [-0.2, -0.15) is 0 Å². The number of piperazine rings is 1. The van der Waals surface area contributed by atoms with E-state index in [1.54, 1.807) is 43.6 Å². The first-order valence-corrected chi connectivity index (χ1v) is 24.8. The van der Waals surface area contributed by atoms with Crippen molar-refractivity contribution >= 4 is 63.3 Å². The zero-order valence-corrected chi connectivity index (χ0v) is 40.7. The summed E-state index contributed by atoms with van der Waals surface area (Å²) in [5.41, 5.74) is 2.60. The van der Waals surface area contributed by atoms with Crippen molar-refractivity contribution in [3.63, 3.8) is 0 Å². The van der Waals surface area contributed by atoms with Crippen LogP contribution in [-0.4, -0.2) is 125 Å². The van der Waals surface area contributed by atoms with Crippen LogP contribution in [-0.2, 0) is 14.4 Å². The Morgan fingerprint density at radius 2 is 1.47 bits per heavy atom. The number of anilines is 4. The van der Waals surface area contributed by atoms with Crippen LogP contribution in [0.15, 0.2) is 97.5 Å². The van der Waals surface area contributed by atoms with Crippen LogP contribution in [0, 0.1) is 17.2 Å². The zero-order valence-electron chi connectivity index (χ0n) is 40.7. The number of halogens is 1. The molecule has 1 aliphatic carbocycles. The van der Waals surface area contributed by atoms with Crippen molar-refractivity contribution in [2.24, 2.45) is 11.3 Å². The molecular weight excluding hydrogens is 920 g/mol. The van der Waals surface area contributed by atoms with Crippen molar-refractivity contribution in [3.05, 3.63) is 114 Å². The van der Waals surface area contributed by atoms with Gasteiger partial charge in [-0.1, -0.05) is 6.58 Å². The van der Waals surface area contributed by atoms with E-state index in [1.165, 1.54) is 30.5 Å². The van der Waals surface area contributed by atoms with E-state index >= 15 is 0 Å². The number of pyridine rings is 2. The fourth-order valence-electron chi connectivity index (χ4n) is 10.6. The molecule has 0 radical (unpaired) electrons. The number of nitrogens with one attached hydrogen (secondary N) is 4. The minimum absolute atomic E-state index is 0.143. The molecule has 5 amide bonds. The maximum Gasteiger partial charge on any atom is 0.266 e. The molecule has 72 heavy (non-hydrogen) atoms. The van der Waals surface area contributed by atoms with Gasteiger partial charge in [0.1, 0.15) is 40.3 Å². The third kappa shape index (κ3) is 9.55. The van der Waals surface area contributed by atoms with Crippen LogP contribution in [0.1, 0.15) is 73.1 Å². The molecule has 3 atom stereocenters. The molecule has 18 heteroatoms. The Morgan fingerprint density at radius 1 is 0.819 bits per heavy atom. The number of nitrogens with zero attached hydrogens (tertiary/aromatic N) is 6. The molecule has 1 unspecified atom stereocenters. The maximum atomic E-state index is 13.6. The van der Waals surface area contributed by atoms with Gasteiger partial charge < -0.3 is 35.6 Å². The summed E-state index contributed by atoms with van der Waals surface area (Å²) in [6.07, 6.45) is 7.01. The highest BCUT2D eigenvalue weighted by Crippen LogP contribution is 2.48. The second-order valence-electron chi connectivity index (χ2n) is 19.6. The number of methoxy groups -OCH3 is 1. The number of carbonyl (C=O) groups excluding carboxylic acids is 5. The van der Waals surface area contributed by atoms with Gasteiger partial charge in [0, 0.05) is 92.7 Å². The first-order valence-electron chi connectivity index (χ1n) is 24.8. The monoisotopic (exact) mass is 978 g/mol. The van der Waals surface area contributed by atoms with Gasteiger partial charge in [0.15, 0.2) is 0 Å². The van der Waals surface area contributed by atoms with E-state index in [-0.39, 0.29) is 17.2 Å². The van der Waals surface area contributed by atoms with Crippen LogP contribution >= 0.6 is 0 Å². The van der Waals surface area contributed by atoms with Crippen molar-refractivity contribution < 1.29 is 37.8 Å². The average molecular weight is 979 g/mol. The Hall–Kier alpha value is -7.44. The predicted molar refractivity (Wildman–Crippen MR) is 271 cm³/mol. The Balaban J connectivity index is 0.701. The molecule has 4 fully saturated rings. The number of benzene rings is 3. The Labute approximate surface area is 417 Å². The van der Waals surface area contributed by atoms with Crippen LogP contribution in [0.25, 0.3) is 10.9 Å². The van der Waals surface area contributed by atoms with Crippen LogP contribution in [0.4, 0.5) is 27.3 Å². The highest BCUT2D eigenvalue weighted by Gasteiger charge is 2.56. The molecule has 4 aliphatic heterocycles. The molecule has 374 valence electrons. The molecular formula is C54H59FN10O7. The third-order valence-corrected chi connectivity index (χ3v) is 15.2. The van der Waals surface area contributed by atoms with E-state index in [9.17, 15) is 28.4 Å². The number of hydrogen-bond donors (Lipinski definition) is 4. The maximum absolute atomic E-state index is 13.6. The van der Waals surface area contributed by atoms with Gasteiger partial charge in [-0.05, 0) is 131 Å². The summed E-state index contributed by atoms with van der Waals surface area (Å²) in [6, 6.07) is 19.5. The molecule has 0 spiro atoms. The lowest BCUT2D eigenvalue weighted by molar-refractivity contribution is -0.131. The molecule has 1 saturated carbocycles. The smallest absolute Gasteiger partial charge is 0.266 e. The van der Waals surface area contributed by atoms with Gasteiger partial charge in [0.2, 0.25) is 17.7 Å². The van der Waals surface area contributed by atoms with Crippen LogP contribution in [0.3, 0.4) is 0 Å². The number of piperidine rings is 2. The molecule has 10 rings (SSSR count). The van der Waals surface area contributed by atoms with Crippen LogP contribution < -0.4 is 35.6 Å². The van der Waals surface area contributed by atoms with E-state index in [0.29, 0.717) is 78.6 Å². The van der Waals surface area contributed by atoms with Gasteiger partial charge in [0.05, 0.1) is 29.4 Å². The van der Waals surface area contributed by atoms with Crippen molar-refractivity contribution in [2.45, 2.75) is 70.5 Å². The molecule has 0 bridgehead atoms. The van der Waals surface area contributed by atoms with E-state index in [2.05, 4.69) is 67.4 Å². The third-order valence-electron chi connectivity index (χ3n) is 15.2. The standard InChI is InChI=1S/C54H59FN10O7/c1-32-5-14-43(49(66)59-32)65-50(67)40-15-21-57-48(47(40)51(65)68)58-31-33(2)62-25-27-63(28-26-62)34(3)35-17-23-64(24-18-35)44-30-42-41(29-46(44)71-4)45(16-22-56-42)72-39-12-10-38(11-13-39)61-53(70)54(19-20-54)52(69)60-37-8-6-36(55)7-9-37/h6-13,15-16,21-22,29-30,33-35,43H,1,5,14,17-20,23-28,31H2,2-4H3,(H,57,58)(H,59,66)(H,60,69)(H,61,70)/t33-,34+,43?/m1/s1. The number of carbonyl (C=O) groups is 5. The molecule has 4 N–H and O–H groups in total. The largest absolute Gasteiger partial charge is 0.495 e. The SMILES string of the molecule is C=C1CCC(N2C(=O)c3ccnc(NC[C@@H](C)N4CCN([C@@H](C)C5CCN(c6cc7nccc(Oc8ccc(NC(=O)C9(C(=O)Nc%10ccc(F)cc%10)CC9)cc8)c7cc6OC)CC5)CC4)c3C2=O)C(=O)N1. The quantitative estimate of drug-likeness (QED) is 0.0618. The number of ether oxygens (including phenoxy) is 2. The molecule has 6 heterocycles. The highest BCUT2D eigenvalue weighted by molar-refractivity contribution is 6.25. The molecule has 3 saturated heterocycles. The van der Waals surface area contributed by atoms with Gasteiger partial charge in [-0.15, -0.1) is 0 Å². The zero-order chi connectivity index (χ0) is 50.3. The number of allylic oxidation sites excluding steroid dienone is 1. The number of aromatic nitrogens is 2. The summed E-state index contributed by atoms with van der Waals surface area (Å²) >= 11 is 0. The Kier molecular flexibility index (Phi) is 13.4. The van der Waals surface area contributed by atoms with Gasteiger partial charge in [-0.3, -0.25) is 43.7 Å². The van der Waals surface area contributed by atoms with Crippen LogP contribution in [0.5, 0.6) is 17.2 Å². The molecule has 2 aromatic heterocycles. The lowest BCUT2D eigenvalue weighted by Crippen LogP contribution is -2.55. The first-order chi connectivity index (χ1) is 34.8. The van der Waals surface area contributed by atoms with E-state index in [4.69, 9.17) is 14.5 Å². The van der Waals surface area contributed by atoms with E-state index < -0.39 is 46.8 Å². The first kappa shape index (κ1) is 48.2. The van der Waals surface area contributed by atoms with Gasteiger partial charge >= 0.3 is 0 Å². The summed E-state index contributed by atoms with van der Waals surface area (Å²) in [7, 11) is 1.68. The Bertz CT molecular complexity index is 2930. The lowest BCUT2D eigenvalue weighted by atomic mass is 9.88.